The van der Waals surface area contributed by atoms with Crippen molar-refractivity contribution in [1.29, 1.82) is 0 Å². The van der Waals surface area contributed by atoms with Gasteiger partial charge in [-0.15, -0.1) is 5.10 Å². The van der Waals surface area contributed by atoms with Gasteiger partial charge in [-0.1, -0.05) is 11.3 Å². The Labute approximate surface area is 169 Å². The zero-order valence-electron chi connectivity index (χ0n) is 15.1. The van der Waals surface area contributed by atoms with Crippen molar-refractivity contribution in [3.63, 3.8) is 0 Å². The lowest BCUT2D eigenvalue weighted by atomic mass is 10.2. The number of carbonyl (C=O) groups is 2. The molecule has 0 aliphatic rings. The first-order valence-corrected chi connectivity index (χ1v) is 8.22. The molecule has 0 atom stereocenters. The van der Waals surface area contributed by atoms with E-state index in [0.717, 1.165) is 36.4 Å². The summed E-state index contributed by atoms with van der Waals surface area (Å²) < 4.78 is 54.0. The molecule has 0 aliphatic heterocycles. The van der Waals surface area contributed by atoms with E-state index in [1.54, 1.807) is 5.43 Å². The van der Waals surface area contributed by atoms with Crippen LogP contribution >= 0.6 is 0 Å². The Kier molecular flexibility index (Phi) is 5.63. The zero-order chi connectivity index (χ0) is 22.8. The number of nitrogens with zero attached hydrogens (tertiary/aromatic N) is 4. The Hall–Kier alpha value is -4.36. The number of hydrogen-bond donors (Lipinski definition) is 2. The van der Waals surface area contributed by atoms with Crippen molar-refractivity contribution in [1.82, 2.24) is 25.8 Å². The monoisotopic (exact) mass is 438 g/mol. The minimum atomic E-state index is -5.07. The fourth-order valence-corrected chi connectivity index (χ4v) is 2.46. The van der Waals surface area contributed by atoms with Gasteiger partial charge in [0.05, 0.1) is 10.6 Å². The molecule has 0 radical (unpaired) electrons. The lowest BCUT2D eigenvalue weighted by Gasteiger charge is -2.11. The van der Waals surface area contributed by atoms with Crippen LogP contribution in [0.4, 0.5) is 23.2 Å². The largest absolute Gasteiger partial charge is 0.435 e. The molecule has 14 heteroatoms. The molecular formula is C17H10F4N6O4. The second kappa shape index (κ2) is 8.17. The third-order valence-corrected chi connectivity index (χ3v) is 3.83. The Bertz CT molecular complexity index is 1160. The van der Waals surface area contributed by atoms with Gasteiger partial charge in [0.2, 0.25) is 0 Å². The third-order valence-electron chi connectivity index (χ3n) is 3.83. The van der Waals surface area contributed by atoms with Crippen LogP contribution in [0.15, 0.2) is 48.5 Å². The van der Waals surface area contributed by atoms with Gasteiger partial charge >= 0.3 is 6.18 Å². The summed E-state index contributed by atoms with van der Waals surface area (Å²) >= 11 is 0. The summed E-state index contributed by atoms with van der Waals surface area (Å²) in [5, 5.41) is 17.3. The molecular weight excluding hydrogens is 428 g/mol. The molecule has 1 aromatic heterocycles. The number of nitrogens with one attached hydrogen (secondary N) is 2. The number of rotatable bonds is 4. The predicted octanol–water partition coefficient (Wildman–Crippen LogP) is 2.41. The number of amides is 2. The number of aromatic nitrogens is 3. The fourth-order valence-electron chi connectivity index (χ4n) is 2.46. The Morgan fingerprint density at radius 3 is 2.29 bits per heavy atom. The number of non-ortho nitro benzene ring substituents is 1. The summed E-state index contributed by atoms with van der Waals surface area (Å²) in [7, 11) is 0. The molecule has 2 N–H and O–H groups in total. The highest BCUT2D eigenvalue weighted by atomic mass is 19.4. The smallest absolute Gasteiger partial charge is 0.267 e. The van der Waals surface area contributed by atoms with Gasteiger partial charge in [-0.05, 0) is 30.3 Å². The molecule has 0 unspecified atom stereocenters. The van der Waals surface area contributed by atoms with E-state index in [1.165, 1.54) is 12.1 Å². The third kappa shape index (κ3) is 4.63. The second-order valence-electron chi connectivity index (χ2n) is 5.89. The molecule has 1 heterocycles. The number of hydrazine groups is 1. The van der Waals surface area contributed by atoms with Crippen molar-refractivity contribution >= 4 is 17.5 Å². The maximum Gasteiger partial charge on any atom is 0.435 e. The van der Waals surface area contributed by atoms with Crippen molar-refractivity contribution in [3.05, 3.63) is 81.4 Å². The average Bonchev–Trinajstić information content (AvgIpc) is 3.18. The SMILES string of the molecule is O=C(NNC(=O)c1nnn(-c2ccc(F)cc2)c1C(F)(F)F)c1cccc([N+](=O)[O-])c1. The van der Waals surface area contributed by atoms with Crippen LogP contribution in [0.5, 0.6) is 0 Å². The molecule has 0 fully saturated rings. The van der Waals surface area contributed by atoms with Gasteiger partial charge in [0.15, 0.2) is 11.4 Å². The normalized spacial score (nSPS) is 11.1. The highest BCUT2D eigenvalue weighted by Gasteiger charge is 2.42. The van der Waals surface area contributed by atoms with Gasteiger partial charge in [-0.2, -0.15) is 13.2 Å². The van der Waals surface area contributed by atoms with Gasteiger partial charge < -0.3 is 0 Å². The van der Waals surface area contributed by atoms with Gasteiger partial charge in [-0.25, -0.2) is 9.07 Å². The number of alkyl halides is 3. The van der Waals surface area contributed by atoms with Crippen LogP contribution in [0.2, 0.25) is 0 Å². The number of nitro groups is 1. The lowest BCUT2D eigenvalue weighted by Crippen LogP contribution is -2.42. The van der Waals surface area contributed by atoms with E-state index in [0.29, 0.717) is 4.68 Å². The summed E-state index contributed by atoms with van der Waals surface area (Å²) in [6, 6.07) is 8.25. The summed E-state index contributed by atoms with van der Waals surface area (Å²) in [4.78, 5) is 34.3. The molecule has 2 amide bonds. The molecule has 0 spiro atoms. The van der Waals surface area contributed by atoms with Gasteiger partial charge in [0, 0.05) is 17.7 Å². The summed E-state index contributed by atoms with van der Waals surface area (Å²) in [5.74, 6) is -3.16. The van der Waals surface area contributed by atoms with Crippen LogP contribution < -0.4 is 10.9 Å². The van der Waals surface area contributed by atoms with E-state index in [9.17, 15) is 37.3 Å². The number of carbonyl (C=O) groups excluding carboxylic acids is 2. The molecule has 0 bridgehead atoms. The predicted molar refractivity (Wildman–Crippen MR) is 94.3 cm³/mol. The number of halogens is 4. The van der Waals surface area contributed by atoms with Crippen molar-refractivity contribution in [2.45, 2.75) is 6.18 Å². The van der Waals surface area contributed by atoms with Crippen LogP contribution in [0, 0.1) is 15.9 Å². The van der Waals surface area contributed by atoms with E-state index in [4.69, 9.17) is 0 Å². The first kappa shape index (κ1) is 21.4. The first-order valence-electron chi connectivity index (χ1n) is 8.22. The van der Waals surface area contributed by atoms with Gasteiger partial charge in [0.25, 0.3) is 17.5 Å². The molecule has 31 heavy (non-hydrogen) atoms. The maximum atomic E-state index is 13.5. The minimum absolute atomic E-state index is 0.207. The quantitative estimate of drug-likeness (QED) is 0.365. The summed E-state index contributed by atoms with van der Waals surface area (Å²) in [5.41, 5.74) is 0.0494. The van der Waals surface area contributed by atoms with Gasteiger partial charge in [-0.3, -0.25) is 30.6 Å². The van der Waals surface area contributed by atoms with Crippen LogP contribution in [0.1, 0.15) is 26.5 Å². The highest BCUT2D eigenvalue weighted by molar-refractivity contribution is 5.99. The first-order chi connectivity index (χ1) is 14.6. The fraction of sp³-hybridized carbons (Fsp3) is 0.0588. The maximum absolute atomic E-state index is 13.5. The number of benzene rings is 2. The molecule has 2 aromatic carbocycles. The van der Waals surface area contributed by atoms with Crippen molar-refractivity contribution in [2.24, 2.45) is 0 Å². The van der Waals surface area contributed by atoms with Crippen molar-refractivity contribution in [3.8, 4) is 5.69 Å². The summed E-state index contributed by atoms with van der Waals surface area (Å²) in [6.45, 7) is 0. The molecule has 0 saturated heterocycles. The Morgan fingerprint density at radius 1 is 1.03 bits per heavy atom. The highest BCUT2D eigenvalue weighted by Crippen LogP contribution is 2.32. The molecule has 10 nitrogen and oxygen atoms in total. The van der Waals surface area contributed by atoms with Crippen LogP contribution in [0.25, 0.3) is 5.69 Å². The Morgan fingerprint density at radius 2 is 1.68 bits per heavy atom. The minimum Gasteiger partial charge on any atom is -0.267 e. The van der Waals surface area contributed by atoms with Crippen LogP contribution in [-0.2, 0) is 6.18 Å². The van der Waals surface area contributed by atoms with Gasteiger partial charge in [0.1, 0.15) is 5.82 Å². The van der Waals surface area contributed by atoms with Crippen LogP contribution in [-0.4, -0.2) is 31.7 Å². The topological polar surface area (TPSA) is 132 Å². The van der Waals surface area contributed by atoms with E-state index in [-0.39, 0.29) is 11.3 Å². The number of nitro benzene ring substituents is 1. The molecule has 160 valence electrons. The van der Waals surface area contributed by atoms with Crippen molar-refractivity contribution in [2.75, 3.05) is 0 Å². The lowest BCUT2D eigenvalue weighted by molar-refractivity contribution is -0.384. The summed E-state index contributed by atoms with van der Waals surface area (Å²) in [6.07, 6.45) is -5.07. The molecule has 3 aromatic rings. The number of hydrogen-bond acceptors (Lipinski definition) is 6. The Balaban J connectivity index is 1.83. The standard InChI is InChI=1S/C17H10F4N6O4/c18-10-4-6-11(7-5-10)26-14(17(19,20)21)13(22-25-26)16(29)24-23-15(28)9-2-1-3-12(8-9)27(30)31/h1-8H,(H,23,28)(H,24,29). The van der Waals surface area contributed by atoms with E-state index >= 15 is 0 Å². The van der Waals surface area contributed by atoms with E-state index < -0.39 is 45.8 Å². The van der Waals surface area contributed by atoms with E-state index in [1.807, 2.05) is 5.43 Å². The molecule has 0 aliphatic carbocycles. The average molecular weight is 438 g/mol. The van der Waals surface area contributed by atoms with Crippen LogP contribution in [0.3, 0.4) is 0 Å². The molecule has 3 rings (SSSR count). The van der Waals surface area contributed by atoms with Crippen molar-refractivity contribution < 1.29 is 32.1 Å². The zero-order valence-corrected chi connectivity index (χ0v) is 15.1. The second-order valence-corrected chi connectivity index (χ2v) is 5.89. The molecule has 0 saturated carbocycles. The van der Waals surface area contributed by atoms with E-state index in [2.05, 4.69) is 10.3 Å².